The summed E-state index contributed by atoms with van der Waals surface area (Å²) in [4.78, 5) is 10.9. The largest absolute Gasteiger partial charge is 0.469 e. The zero-order valence-electron chi connectivity index (χ0n) is 8.98. The van der Waals surface area contributed by atoms with Crippen LogP contribution < -0.4 is 5.73 Å². The Morgan fingerprint density at radius 3 is 2.50 bits per heavy atom. The van der Waals surface area contributed by atoms with E-state index in [4.69, 9.17) is 17.3 Å². The van der Waals surface area contributed by atoms with Gasteiger partial charge >= 0.3 is 5.97 Å². The van der Waals surface area contributed by atoms with Crippen LogP contribution in [0.3, 0.4) is 0 Å². The van der Waals surface area contributed by atoms with Crippen molar-refractivity contribution in [1.29, 1.82) is 0 Å². The van der Waals surface area contributed by atoms with Crippen molar-refractivity contribution in [1.82, 2.24) is 0 Å². The molecule has 3 nitrogen and oxygen atoms in total. The van der Waals surface area contributed by atoms with E-state index >= 15 is 0 Å². The fourth-order valence-electron chi connectivity index (χ4n) is 1.29. The van der Waals surface area contributed by atoms with Gasteiger partial charge in [-0.1, -0.05) is 23.7 Å². The first-order valence-corrected chi connectivity index (χ1v) is 5.06. The van der Waals surface area contributed by atoms with E-state index in [2.05, 4.69) is 4.74 Å². The van der Waals surface area contributed by atoms with Gasteiger partial charge in [-0.25, -0.2) is 0 Å². The highest BCUT2D eigenvalue weighted by Gasteiger charge is 2.09. The third-order valence-corrected chi connectivity index (χ3v) is 2.32. The Balaban J connectivity index is 0.00000225. The molecule has 5 heteroatoms. The molecule has 1 aromatic carbocycles. The number of carbonyl (C=O) groups is 1. The normalized spacial score (nSPS) is 11.4. The molecule has 1 atom stereocenters. The standard InChI is InChI=1S/C11H14ClNO2.ClH/c1-15-11(14)7-10(13)6-8-2-4-9(12)5-3-8;/h2-5,10H,6-7,13H2,1H3;1H. The highest BCUT2D eigenvalue weighted by atomic mass is 35.5. The van der Waals surface area contributed by atoms with Crippen LogP contribution in [0, 0.1) is 0 Å². The second-order valence-corrected chi connectivity index (χ2v) is 3.81. The average molecular weight is 264 g/mol. The molecule has 0 fully saturated rings. The molecule has 16 heavy (non-hydrogen) atoms. The zero-order chi connectivity index (χ0) is 11.3. The molecule has 0 amide bonds. The summed E-state index contributed by atoms with van der Waals surface area (Å²) in [6.45, 7) is 0. The zero-order valence-corrected chi connectivity index (χ0v) is 10.6. The molecule has 0 radical (unpaired) electrons. The van der Waals surface area contributed by atoms with Gasteiger partial charge in [0.2, 0.25) is 0 Å². The molecule has 0 aromatic heterocycles. The van der Waals surface area contributed by atoms with Crippen LogP contribution in [-0.4, -0.2) is 19.1 Å². The molecule has 1 aromatic rings. The van der Waals surface area contributed by atoms with Crippen molar-refractivity contribution in [3.63, 3.8) is 0 Å². The number of benzene rings is 1. The third kappa shape index (κ3) is 5.35. The van der Waals surface area contributed by atoms with Gasteiger partial charge in [-0.15, -0.1) is 12.4 Å². The Morgan fingerprint density at radius 1 is 1.44 bits per heavy atom. The van der Waals surface area contributed by atoms with E-state index in [0.29, 0.717) is 11.4 Å². The Labute approximate surface area is 106 Å². The summed E-state index contributed by atoms with van der Waals surface area (Å²) >= 11 is 5.75. The molecule has 0 heterocycles. The molecule has 1 rings (SSSR count). The van der Waals surface area contributed by atoms with Crippen LogP contribution in [0.25, 0.3) is 0 Å². The Kier molecular flexibility index (Phi) is 7.13. The van der Waals surface area contributed by atoms with Crippen molar-refractivity contribution in [2.24, 2.45) is 5.73 Å². The fourth-order valence-corrected chi connectivity index (χ4v) is 1.42. The first-order valence-electron chi connectivity index (χ1n) is 4.68. The van der Waals surface area contributed by atoms with E-state index in [1.54, 1.807) is 0 Å². The maximum Gasteiger partial charge on any atom is 0.307 e. The van der Waals surface area contributed by atoms with E-state index in [1.807, 2.05) is 24.3 Å². The number of ether oxygens (including phenoxy) is 1. The second-order valence-electron chi connectivity index (χ2n) is 3.37. The number of nitrogens with two attached hydrogens (primary N) is 1. The summed E-state index contributed by atoms with van der Waals surface area (Å²) in [5.41, 5.74) is 6.85. The van der Waals surface area contributed by atoms with Gasteiger partial charge in [-0.3, -0.25) is 4.79 Å². The lowest BCUT2D eigenvalue weighted by Crippen LogP contribution is -2.26. The van der Waals surface area contributed by atoms with Crippen LogP contribution in [-0.2, 0) is 16.0 Å². The highest BCUT2D eigenvalue weighted by Crippen LogP contribution is 2.11. The monoisotopic (exact) mass is 263 g/mol. The van der Waals surface area contributed by atoms with E-state index in [9.17, 15) is 4.79 Å². The van der Waals surface area contributed by atoms with Crippen LogP contribution in [0.1, 0.15) is 12.0 Å². The van der Waals surface area contributed by atoms with Gasteiger partial charge in [0.05, 0.1) is 13.5 Å². The first-order chi connectivity index (χ1) is 7.11. The Bertz CT molecular complexity index is 327. The van der Waals surface area contributed by atoms with Gasteiger partial charge in [0.25, 0.3) is 0 Å². The summed E-state index contributed by atoms with van der Waals surface area (Å²) in [5.74, 6) is -0.281. The Hall–Kier alpha value is -0.770. The molecule has 0 spiro atoms. The number of hydrogen-bond donors (Lipinski definition) is 1. The number of rotatable bonds is 4. The van der Waals surface area contributed by atoms with Crippen LogP contribution in [0.4, 0.5) is 0 Å². The minimum Gasteiger partial charge on any atom is -0.469 e. The SMILES string of the molecule is COC(=O)CC(N)Cc1ccc(Cl)cc1.Cl. The van der Waals surface area contributed by atoms with Crippen molar-refractivity contribution in [2.75, 3.05) is 7.11 Å². The number of hydrogen-bond acceptors (Lipinski definition) is 3. The van der Waals surface area contributed by atoms with E-state index in [-0.39, 0.29) is 30.8 Å². The minimum atomic E-state index is -0.281. The lowest BCUT2D eigenvalue weighted by Gasteiger charge is -2.09. The third-order valence-electron chi connectivity index (χ3n) is 2.07. The van der Waals surface area contributed by atoms with Gasteiger partial charge in [0.15, 0.2) is 0 Å². The number of methoxy groups -OCH3 is 1. The van der Waals surface area contributed by atoms with Crippen molar-refractivity contribution in [3.05, 3.63) is 34.9 Å². The lowest BCUT2D eigenvalue weighted by molar-refractivity contribution is -0.140. The van der Waals surface area contributed by atoms with Gasteiger partial charge in [-0.05, 0) is 24.1 Å². The topological polar surface area (TPSA) is 52.3 Å². The van der Waals surface area contributed by atoms with Crippen molar-refractivity contribution < 1.29 is 9.53 Å². The summed E-state index contributed by atoms with van der Waals surface area (Å²) in [7, 11) is 1.36. The highest BCUT2D eigenvalue weighted by molar-refractivity contribution is 6.30. The first kappa shape index (κ1) is 15.2. The van der Waals surface area contributed by atoms with Crippen LogP contribution in [0.15, 0.2) is 24.3 Å². The van der Waals surface area contributed by atoms with Crippen LogP contribution in [0.5, 0.6) is 0 Å². The molecule has 90 valence electrons. The van der Waals surface area contributed by atoms with E-state index < -0.39 is 0 Å². The van der Waals surface area contributed by atoms with Gasteiger partial charge in [-0.2, -0.15) is 0 Å². The fraction of sp³-hybridized carbons (Fsp3) is 0.364. The summed E-state index contributed by atoms with van der Waals surface area (Å²) in [5, 5.41) is 0.695. The van der Waals surface area contributed by atoms with Crippen molar-refractivity contribution in [3.8, 4) is 0 Å². The van der Waals surface area contributed by atoms with Gasteiger partial charge in [0.1, 0.15) is 0 Å². The summed E-state index contributed by atoms with van der Waals surface area (Å²) in [6.07, 6.45) is 0.880. The molecule has 0 saturated heterocycles. The number of halogens is 2. The summed E-state index contributed by atoms with van der Waals surface area (Å²) in [6, 6.07) is 7.21. The van der Waals surface area contributed by atoms with E-state index in [1.165, 1.54) is 7.11 Å². The maximum atomic E-state index is 10.9. The molecule has 2 N–H and O–H groups in total. The second kappa shape index (κ2) is 7.49. The van der Waals surface area contributed by atoms with Gasteiger partial charge < -0.3 is 10.5 Å². The number of carbonyl (C=O) groups excluding carboxylic acids is 1. The smallest absolute Gasteiger partial charge is 0.307 e. The molecular weight excluding hydrogens is 249 g/mol. The minimum absolute atomic E-state index is 0. The molecule has 0 bridgehead atoms. The molecule has 0 aliphatic heterocycles. The molecular formula is C11H15Cl2NO2. The predicted octanol–water partition coefficient (Wildman–Crippen LogP) is 2.19. The van der Waals surface area contributed by atoms with Crippen LogP contribution in [0.2, 0.25) is 5.02 Å². The van der Waals surface area contributed by atoms with Crippen LogP contribution >= 0.6 is 24.0 Å². The Morgan fingerprint density at radius 2 is 2.00 bits per heavy atom. The molecule has 1 unspecified atom stereocenters. The van der Waals surface area contributed by atoms with Gasteiger partial charge in [0, 0.05) is 11.1 Å². The number of esters is 1. The predicted molar refractivity (Wildman–Crippen MR) is 67.0 cm³/mol. The lowest BCUT2D eigenvalue weighted by atomic mass is 10.0. The van der Waals surface area contributed by atoms with Crippen molar-refractivity contribution in [2.45, 2.75) is 18.9 Å². The van der Waals surface area contributed by atoms with Crippen molar-refractivity contribution >= 4 is 30.0 Å². The average Bonchev–Trinajstić information content (AvgIpc) is 2.21. The quantitative estimate of drug-likeness (QED) is 0.848. The molecule has 0 aliphatic rings. The molecule has 0 aliphatic carbocycles. The summed E-state index contributed by atoms with van der Waals surface area (Å²) < 4.78 is 4.54. The van der Waals surface area contributed by atoms with E-state index in [0.717, 1.165) is 5.56 Å². The molecule has 0 saturated carbocycles. The maximum absolute atomic E-state index is 10.9.